The smallest absolute Gasteiger partial charge is 0.0949 e. The Morgan fingerprint density at radius 2 is 1.86 bits per heavy atom. The van der Waals surface area contributed by atoms with E-state index in [1.807, 2.05) is 0 Å². The fourth-order valence-electron chi connectivity index (χ4n) is 6.38. The van der Waals surface area contributed by atoms with E-state index in [9.17, 15) is 10.4 Å². The van der Waals surface area contributed by atoms with Gasteiger partial charge in [-0.1, -0.05) is 31.6 Å². The largest absolute Gasteiger partial charge is 0.393 e. The summed E-state index contributed by atoms with van der Waals surface area (Å²) in [6.07, 6.45) is 12.2. The molecule has 118 valence electrons. The summed E-state index contributed by atoms with van der Waals surface area (Å²) in [5.41, 5.74) is 3.02. The molecule has 2 heteroatoms. The molecule has 2 saturated carbocycles. The van der Waals surface area contributed by atoms with Gasteiger partial charge < -0.3 is 5.11 Å². The van der Waals surface area contributed by atoms with Crippen LogP contribution in [-0.4, -0.2) is 11.2 Å². The molecule has 0 aromatic carbocycles. The van der Waals surface area contributed by atoms with Gasteiger partial charge >= 0.3 is 0 Å². The molecular weight excluding hydrogens is 270 g/mol. The SMILES string of the molecule is C[C@]12CC[C@H](O)CC1=CC[C@@H]1[C@@H]2CC[C@]2(C)C(C#N)=CC[C@@H]12. The van der Waals surface area contributed by atoms with Crippen molar-refractivity contribution in [3.63, 3.8) is 0 Å². The van der Waals surface area contributed by atoms with Crippen molar-refractivity contribution in [3.05, 3.63) is 23.3 Å². The normalized spacial score (nSPS) is 50.1. The van der Waals surface area contributed by atoms with Crippen LogP contribution in [0.3, 0.4) is 0 Å². The highest BCUT2D eigenvalue weighted by atomic mass is 16.3. The third-order valence-corrected chi connectivity index (χ3v) is 7.78. The van der Waals surface area contributed by atoms with Gasteiger partial charge in [0.15, 0.2) is 0 Å². The Kier molecular flexibility index (Phi) is 3.11. The van der Waals surface area contributed by atoms with Crippen LogP contribution in [0.25, 0.3) is 0 Å². The van der Waals surface area contributed by atoms with Crippen molar-refractivity contribution in [3.8, 4) is 6.07 Å². The van der Waals surface area contributed by atoms with Gasteiger partial charge in [-0.2, -0.15) is 5.26 Å². The summed E-state index contributed by atoms with van der Waals surface area (Å²) < 4.78 is 0. The van der Waals surface area contributed by atoms with Gasteiger partial charge in [0.25, 0.3) is 0 Å². The lowest BCUT2D eigenvalue weighted by molar-refractivity contribution is -0.0282. The zero-order valence-corrected chi connectivity index (χ0v) is 13.8. The van der Waals surface area contributed by atoms with E-state index in [2.05, 4.69) is 32.1 Å². The van der Waals surface area contributed by atoms with E-state index in [-0.39, 0.29) is 11.5 Å². The average Bonchev–Trinajstić information content (AvgIpc) is 2.84. The quantitative estimate of drug-likeness (QED) is 0.675. The van der Waals surface area contributed by atoms with Gasteiger partial charge in [-0.3, -0.25) is 0 Å². The summed E-state index contributed by atoms with van der Waals surface area (Å²) in [5, 5.41) is 19.5. The van der Waals surface area contributed by atoms with Crippen LogP contribution in [0.2, 0.25) is 0 Å². The molecule has 1 N–H and O–H groups in total. The Bertz CT molecular complexity index is 597. The first-order valence-electron chi connectivity index (χ1n) is 8.97. The second-order valence-corrected chi connectivity index (χ2v) is 8.58. The van der Waals surface area contributed by atoms with Crippen LogP contribution in [-0.2, 0) is 0 Å². The van der Waals surface area contributed by atoms with Crippen molar-refractivity contribution in [2.45, 2.75) is 64.9 Å². The third-order valence-electron chi connectivity index (χ3n) is 7.78. The van der Waals surface area contributed by atoms with Gasteiger partial charge in [0.2, 0.25) is 0 Å². The molecule has 0 radical (unpaired) electrons. The van der Waals surface area contributed by atoms with Crippen LogP contribution in [0, 0.1) is 39.9 Å². The molecule has 2 fully saturated rings. The Hall–Kier alpha value is -1.07. The van der Waals surface area contributed by atoms with Crippen molar-refractivity contribution in [1.29, 1.82) is 5.26 Å². The first-order chi connectivity index (χ1) is 10.5. The molecule has 0 amide bonds. The molecule has 0 bridgehead atoms. The number of aliphatic hydroxyl groups excluding tert-OH is 1. The minimum absolute atomic E-state index is 0.122. The maximum absolute atomic E-state index is 10.0. The molecule has 0 aromatic rings. The molecule has 0 aliphatic heterocycles. The highest BCUT2D eigenvalue weighted by molar-refractivity contribution is 5.37. The molecule has 6 atom stereocenters. The van der Waals surface area contributed by atoms with Gasteiger partial charge in [0.05, 0.1) is 12.2 Å². The number of nitriles is 1. The van der Waals surface area contributed by atoms with Gasteiger partial charge in [-0.15, -0.1) is 0 Å². The van der Waals surface area contributed by atoms with E-state index >= 15 is 0 Å². The van der Waals surface area contributed by atoms with Crippen LogP contribution in [0.1, 0.15) is 58.8 Å². The minimum Gasteiger partial charge on any atom is -0.393 e. The Labute approximate surface area is 133 Å². The van der Waals surface area contributed by atoms with Crippen LogP contribution in [0.15, 0.2) is 23.3 Å². The molecule has 22 heavy (non-hydrogen) atoms. The van der Waals surface area contributed by atoms with Crippen LogP contribution in [0.5, 0.6) is 0 Å². The second kappa shape index (κ2) is 4.71. The summed E-state index contributed by atoms with van der Waals surface area (Å²) in [6, 6.07) is 2.48. The van der Waals surface area contributed by atoms with Crippen molar-refractivity contribution >= 4 is 0 Å². The number of hydrogen-bond donors (Lipinski definition) is 1. The first kappa shape index (κ1) is 14.5. The van der Waals surface area contributed by atoms with Crippen molar-refractivity contribution in [1.82, 2.24) is 0 Å². The highest BCUT2D eigenvalue weighted by Crippen LogP contribution is 2.64. The molecule has 4 aliphatic rings. The van der Waals surface area contributed by atoms with E-state index in [4.69, 9.17) is 0 Å². The maximum atomic E-state index is 10.0. The zero-order chi connectivity index (χ0) is 15.5. The van der Waals surface area contributed by atoms with E-state index < -0.39 is 0 Å². The van der Waals surface area contributed by atoms with Gasteiger partial charge in [-0.25, -0.2) is 0 Å². The molecular formula is C20H27NO. The van der Waals surface area contributed by atoms with E-state index in [0.717, 1.165) is 49.5 Å². The van der Waals surface area contributed by atoms with Gasteiger partial charge in [-0.05, 0) is 68.1 Å². The fraction of sp³-hybridized carbons (Fsp3) is 0.750. The number of fused-ring (bicyclic) bond motifs is 5. The Morgan fingerprint density at radius 3 is 2.64 bits per heavy atom. The summed E-state index contributed by atoms with van der Waals surface area (Å²) in [5.74, 6) is 2.14. The van der Waals surface area contributed by atoms with Gasteiger partial charge in [0.1, 0.15) is 0 Å². The molecule has 0 heterocycles. The number of nitrogens with zero attached hydrogens (tertiary/aromatic N) is 1. The monoisotopic (exact) mass is 297 g/mol. The van der Waals surface area contributed by atoms with Gasteiger partial charge in [0, 0.05) is 11.0 Å². The van der Waals surface area contributed by atoms with Crippen LogP contribution >= 0.6 is 0 Å². The lowest BCUT2D eigenvalue weighted by atomic mass is 9.47. The molecule has 0 unspecified atom stereocenters. The molecule has 0 saturated heterocycles. The van der Waals surface area contributed by atoms with E-state index in [0.29, 0.717) is 11.3 Å². The molecule has 4 aliphatic carbocycles. The minimum atomic E-state index is -0.122. The first-order valence-corrected chi connectivity index (χ1v) is 8.97. The van der Waals surface area contributed by atoms with Crippen molar-refractivity contribution in [2.24, 2.45) is 28.6 Å². The highest BCUT2D eigenvalue weighted by Gasteiger charge is 2.56. The topological polar surface area (TPSA) is 44.0 Å². The van der Waals surface area contributed by atoms with Crippen LogP contribution in [0.4, 0.5) is 0 Å². The van der Waals surface area contributed by atoms with E-state index in [1.54, 1.807) is 0 Å². The fourth-order valence-corrected chi connectivity index (χ4v) is 6.38. The predicted molar refractivity (Wildman–Crippen MR) is 86.8 cm³/mol. The van der Waals surface area contributed by atoms with Crippen molar-refractivity contribution < 1.29 is 5.11 Å². The van der Waals surface area contributed by atoms with E-state index in [1.165, 1.54) is 18.4 Å². The maximum Gasteiger partial charge on any atom is 0.0949 e. The number of rotatable bonds is 0. The predicted octanol–water partition coefficient (Wildman–Crippen LogP) is 4.37. The standard InChI is InChI=1S/C20H27NO/c1-19-9-7-15(22)11-13(19)3-5-16-17-6-4-14(12-21)20(17,2)10-8-18(16)19/h3-4,15-18,22H,5-11H2,1-2H3/t15-,16-,17-,18-,19-,20+/m0/s1. The average molecular weight is 297 g/mol. The molecule has 0 spiro atoms. The number of allylic oxidation sites excluding steroid dienone is 3. The number of aliphatic hydroxyl groups is 1. The summed E-state index contributed by atoms with van der Waals surface area (Å²) >= 11 is 0. The summed E-state index contributed by atoms with van der Waals surface area (Å²) in [7, 11) is 0. The lowest BCUT2D eigenvalue weighted by Crippen LogP contribution is -2.49. The molecule has 0 aromatic heterocycles. The van der Waals surface area contributed by atoms with Crippen LogP contribution < -0.4 is 0 Å². The Morgan fingerprint density at radius 1 is 1.09 bits per heavy atom. The summed E-state index contributed by atoms with van der Waals surface area (Å²) in [4.78, 5) is 0. The van der Waals surface area contributed by atoms with Crippen molar-refractivity contribution in [2.75, 3.05) is 0 Å². The zero-order valence-electron chi connectivity index (χ0n) is 13.8. The second-order valence-electron chi connectivity index (χ2n) is 8.58. The third kappa shape index (κ3) is 1.75. The summed E-state index contributed by atoms with van der Waals surface area (Å²) in [6.45, 7) is 4.79. The number of hydrogen-bond acceptors (Lipinski definition) is 2. The lowest BCUT2D eigenvalue weighted by Gasteiger charge is -2.57. The Balaban J connectivity index is 1.68. The molecule has 4 rings (SSSR count). The molecule has 2 nitrogen and oxygen atoms in total.